The van der Waals surface area contributed by atoms with Gasteiger partial charge in [0.1, 0.15) is 10.0 Å². The van der Waals surface area contributed by atoms with Crippen LogP contribution in [0.4, 0.5) is 0 Å². The number of hydrogen-bond acceptors (Lipinski definition) is 5. The van der Waals surface area contributed by atoms with Crippen molar-refractivity contribution in [3.8, 4) is 10.6 Å². The van der Waals surface area contributed by atoms with Crippen LogP contribution in [0.2, 0.25) is 0 Å². The molecular weight excluding hydrogens is 389 g/mol. The lowest BCUT2D eigenvalue weighted by Gasteiger charge is -2.06. The average molecular weight is 399 g/mol. The zero-order valence-corrected chi connectivity index (χ0v) is 13.6. The van der Waals surface area contributed by atoms with E-state index in [1.165, 1.54) is 2.88 Å². The standard InChI is InChI=1S/C13H10IN3S2/c14-10-6-9(7-18-10)12-16-17-13(19-12)11(15)8-4-2-1-3-5-8/h1-7,11H,15H2. The zero-order chi connectivity index (χ0) is 13.2. The Hall–Kier alpha value is -0.830. The van der Waals surface area contributed by atoms with Crippen molar-refractivity contribution in [3.05, 3.63) is 55.2 Å². The lowest BCUT2D eigenvalue weighted by Crippen LogP contribution is -2.11. The van der Waals surface area contributed by atoms with E-state index in [9.17, 15) is 0 Å². The van der Waals surface area contributed by atoms with Crippen LogP contribution in [0.3, 0.4) is 0 Å². The molecule has 0 amide bonds. The van der Waals surface area contributed by atoms with Gasteiger partial charge in [-0.3, -0.25) is 0 Å². The first-order valence-corrected chi connectivity index (χ1v) is 8.40. The van der Waals surface area contributed by atoms with E-state index in [1.807, 2.05) is 30.3 Å². The summed E-state index contributed by atoms with van der Waals surface area (Å²) in [6.45, 7) is 0. The van der Waals surface area contributed by atoms with Crippen LogP contribution in [0.1, 0.15) is 16.6 Å². The summed E-state index contributed by atoms with van der Waals surface area (Å²) in [6, 6.07) is 11.9. The topological polar surface area (TPSA) is 51.8 Å². The molecule has 0 aliphatic carbocycles. The third-order valence-corrected chi connectivity index (χ3v) is 5.52. The number of rotatable bonds is 3. The first kappa shape index (κ1) is 13.2. The number of thiophene rings is 1. The van der Waals surface area contributed by atoms with E-state index >= 15 is 0 Å². The van der Waals surface area contributed by atoms with Crippen LogP contribution < -0.4 is 5.73 Å². The monoisotopic (exact) mass is 399 g/mol. The van der Waals surface area contributed by atoms with Gasteiger partial charge in [0, 0.05) is 10.9 Å². The van der Waals surface area contributed by atoms with Gasteiger partial charge in [-0.2, -0.15) is 0 Å². The van der Waals surface area contributed by atoms with Crippen molar-refractivity contribution in [2.45, 2.75) is 6.04 Å². The van der Waals surface area contributed by atoms with Crippen LogP contribution in [0.5, 0.6) is 0 Å². The van der Waals surface area contributed by atoms with Crippen molar-refractivity contribution in [2.75, 3.05) is 0 Å². The summed E-state index contributed by atoms with van der Waals surface area (Å²) >= 11 is 5.57. The van der Waals surface area contributed by atoms with Crippen molar-refractivity contribution in [2.24, 2.45) is 5.73 Å². The normalized spacial score (nSPS) is 12.5. The molecule has 3 nitrogen and oxygen atoms in total. The summed E-state index contributed by atoms with van der Waals surface area (Å²) in [5.41, 5.74) is 8.41. The van der Waals surface area contributed by atoms with E-state index in [2.05, 4.69) is 44.2 Å². The minimum absolute atomic E-state index is 0.204. The third kappa shape index (κ3) is 2.86. The summed E-state index contributed by atoms with van der Waals surface area (Å²) in [4.78, 5) is 0. The fourth-order valence-corrected chi connectivity index (χ4v) is 3.97. The lowest BCUT2D eigenvalue weighted by molar-refractivity contribution is 0.831. The third-order valence-electron chi connectivity index (χ3n) is 2.68. The Morgan fingerprint density at radius 1 is 1.16 bits per heavy atom. The molecule has 0 bridgehead atoms. The van der Waals surface area contributed by atoms with Gasteiger partial charge in [-0.05, 0) is 34.2 Å². The van der Waals surface area contributed by atoms with Crippen molar-refractivity contribution in [3.63, 3.8) is 0 Å². The molecular formula is C13H10IN3S2. The zero-order valence-electron chi connectivity index (χ0n) is 9.79. The molecule has 2 aromatic heterocycles. The largest absolute Gasteiger partial charge is 0.318 e. The first-order chi connectivity index (χ1) is 9.24. The van der Waals surface area contributed by atoms with Gasteiger partial charge < -0.3 is 5.73 Å². The Morgan fingerprint density at radius 2 is 1.95 bits per heavy atom. The molecule has 0 saturated heterocycles. The maximum atomic E-state index is 6.22. The molecule has 0 fully saturated rings. The Bertz CT molecular complexity index is 678. The molecule has 19 heavy (non-hydrogen) atoms. The minimum atomic E-state index is -0.204. The number of benzene rings is 1. The Kier molecular flexibility index (Phi) is 3.92. The van der Waals surface area contributed by atoms with Gasteiger partial charge >= 0.3 is 0 Å². The molecule has 0 radical (unpaired) electrons. The molecule has 3 rings (SSSR count). The van der Waals surface area contributed by atoms with Gasteiger partial charge in [0.25, 0.3) is 0 Å². The Balaban J connectivity index is 1.89. The van der Waals surface area contributed by atoms with Crippen LogP contribution in [0, 0.1) is 2.88 Å². The van der Waals surface area contributed by atoms with Crippen molar-refractivity contribution < 1.29 is 0 Å². The summed E-state index contributed by atoms with van der Waals surface area (Å²) in [6.07, 6.45) is 0. The van der Waals surface area contributed by atoms with E-state index in [1.54, 1.807) is 22.7 Å². The summed E-state index contributed by atoms with van der Waals surface area (Å²) in [5, 5.41) is 12.3. The SMILES string of the molecule is NC(c1ccccc1)c1nnc(-c2csc(I)c2)s1. The number of halogens is 1. The second-order valence-electron chi connectivity index (χ2n) is 3.97. The van der Waals surface area contributed by atoms with Gasteiger partial charge in [0.05, 0.1) is 8.93 Å². The Labute approximate surface area is 132 Å². The molecule has 0 spiro atoms. The van der Waals surface area contributed by atoms with Gasteiger partial charge in [-0.15, -0.1) is 21.5 Å². The van der Waals surface area contributed by atoms with Crippen molar-refractivity contribution in [1.29, 1.82) is 0 Å². The molecule has 0 aliphatic heterocycles. The summed E-state index contributed by atoms with van der Waals surface area (Å²) in [5.74, 6) is 0. The fourth-order valence-electron chi connectivity index (χ4n) is 1.70. The number of aromatic nitrogens is 2. The quantitative estimate of drug-likeness (QED) is 0.680. The van der Waals surface area contributed by atoms with Crippen LogP contribution in [-0.2, 0) is 0 Å². The number of hydrogen-bond donors (Lipinski definition) is 1. The summed E-state index contributed by atoms with van der Waals surface area (Å²) < 4.78 is 1.25. The van der Waals surface area contributed by atoms with E-state index in [0.717, 1.165) is 21.1 Å². The van der Waals surface area contributed by atoms with Gasteiger partial charge in [0.2, 0.25) is 0 Å². The average Bonchev–Trinajstić information content (AvgIpc) is 3.07. The van der Waals surface area contributed by atoms with Crippen LogP contribution >= 0.6 is 45.3 Å². The molecule has 1 unspecified atom stereocenters. The smallest absolute Gasteiger partial charge is 0.148 e. The van der Waals surface area contributed by atoms with E-state index in [0.29, 0.717) is 0 Å². The predicted octanol–water partition coefficient (Wildman–Crippen LogP) is 3.92. The fraction of sp³-hybridized carbons (Fsp3) is 0.0769. The highest BCUT2D eigenvalue weighted by Gasteiger charge is 2.15. The highest BCUT2D eigenvalue weighted by atomic mass is 127. The van der Waals surface area contributed by atoms with Gasteiger partial charge in [-0.25, -0.2) is 0 Å². The second kappa shape index (κ2) is 5.66. The molecule has 2 heterocycles. The van der Waals surface area contributed by atoms with Gasteiger partial charge in [-0.1, -0.05) is 41.7 Å². The number of nitrogens with zero attached hydrogens (tertiary/aromatic N) is 2. The molecule has 0 saturated carbocycles. The van der Waals surface area contributed by atoms with Crippen LogP contribution in [0.25, 0.3) is 10.6 Å². The second-order valence-corrected chi connectivity index (χ2v) is 7.79. The highest BCUT2D eigenvalue weighted by molar-refractivity contribution is 14.1. The molecule has 2 N–H and O–H groups in total. The molecule has 6 heteroatoms. The maximum Gasteiger partial charge on any atom is 0.148 e. The van der Waals surface area contributed by atoms with Crippen LogP contribution in [0.15, 0.2) is 41.8 Å². The first-order valence-electron chi connectivity index (χ1n) is 5.62. The molecule has 1 atom stereocenters. The van der Waals surface area contributed by atoms with E-state index in [4.69, 9.17) is 5.73 Å². The predicted molar refractivity (Wildman–Crippen MR) is 88.4 cm³/mol. The van der Waals surface area contributed by atoms with Crippen molar-refractivity contribution in [1.82, 2.24) is 10.2 Å². The lowest BCUT2D eigenvalue weighted by atomic mass is 10.1. The Morgan fingerprint density at radius 3 is 2.63 bits per heavy atom. The molecule has 0 aliphatic rings. The molecule has 1 aromatic carbocycles. The molecule has 96 valence electrons. The number of nitrogens with two attached hydrogens (primary N) is 1. The van der Waals surface area contributed by atoms with Crippen molar-refractivity contribution >= 4 is 45.3 Å². The summed E-state index contributed by atoms with van der Waals surface area (Å²) in [7, 11) is 0. The molecule has 3 aromatic rings. The van der Waals surface area contributed by atoms with E-state index in [-0.39, 0.29) is 6.04 Å². The minimum Gasteiger partial charge on any atom is -0.318 e. The van der Waals surface area contributed by atoms with Crippen LogP contribution in [-0.4, -0.2) is 10.2 Å². The van der Waals surface area contributed by atoms with Gasteiger partial charge in [0.15, 0.2) is 0 Å². The highest BCUT2D eigenvalue weighted by Crippen LogP contribution is 2.31. The van der Waals surface area contributed by atoms with E-state index < -0.39 is 0 Å². The maximum absolute atomic E-state index is 6.22.